The first-order valence-electron chi connectivity index (χ1n) is 6.68. The maximum atomic E-state index is 2.38. The fourth-order valence-electron chi connectivity index (χ4n) is 2.75. The Hall–Kier alpha value is -0.0800. The summed E-state index contributed by atoms with van der Waals surface area (Å²) < 4.78 is 1.43. The molecule has 92 valence electrons. The standard InChI is InChI=1S/C13H28N.H2O/c1-3-5-6-8-11-14(4-2)12-9-7-10-13-14;/h3-13H2,1-2H3;1H2/q+1;/p-1. The van der Waals surface area contributed by atoms with Crippen molar-refractivity contribution in [2.45, 2.75) is 58.8 Å². The minimum atomic E-state index is 0. The van der Waals surface area contributed by atoms with Crippen LogP contribution in [-0.2, 0) is 0 Å². The molecule has 15 heavy (non-hydrogen) atoms. The molecular weight excluding hydrogens is 186 g/mol. The molecule has 0 atom stereocenters. The van der Waals surface area contributed by atoms with Crippen LogP contribution in [0.1, 0.15) is 58.8 Å². The number of hydrogen-bond acceptors (Lipinski definition) is 1. The second kappa shape index (κ2) is 8.12. The summed E-state index contributed by atoms with van der Waals surface area (Å²) in [6.07, 6.45) is 10.1. The average Bonchev–Trinajstić information content (AvgIpc) is 2.26. The van der Waals surface area contributed by atoms with Gasteiger partial charge in [0, 0.05) is 0 Å². The lowest BCUT2D eigenvalue weighted by atomic mass is 10.1. The van der Waals surface area contributed by atoms with E-state index in [9.17, 15) is 0 Å². The minimum Gasteiger partial charge on any atom is -0.870 e. The van der Waals surface area contributed by atoms with Crippen LogP contribution in [0.5, 0.6) is 0 Å². The van der Waals surface area contributed by atoms with Crippen molar-refractivity contribution >= 4 is 0 Å². The van der Waals surface area contributed by atoms with Crippen LogP contribution in [0.4, 0.5) is 0 Å². The Labute approximate surface area is 95.6 Å². The quantitative estimate of drug-likeness (QED) is 0.493. The lowest BCUT2D eigenvalue weighted by Crippen LogP contribution is -2.51. The molecule has 0 spiro atoms. The fourth-order valence-corrected chi connectivity index (χ4v) is 2.75. The van der Waals surface area contributed by atoms with Gasteiger partial charge in [0.25, 0.3) is 0 Å². The first-order chi connectivity index (χ1) is 6.83. The van der Waals surface area contributed by atoms with Gasteiger partial charge < -0.3 is 9.96 Å². The Morgan fingerprint density at radius 3 is 2.07 bits per heavy atom. The summed E-state index contributed by atoms with van der Waals surface area (Å²) in [6, 6.07) is 0. The molecule has 1 rings (SSSR count). The SMILES string of the molecule is CCCCCC[N+]1(CC)CCCCC1.[OH-]. The van der Waals surface area contributed by atoms with Crippen molar-refractivity contribution < 1.29 is 9.96 Å². The number of piperidine rings is 1. The van der Waals surface area contributed by atoms with E-state index in [2.05, 4.69) is 13.8 Å². The zero-order chi connectivity index (χ0) is 10.3. The van der Waals surface area contributed by atoms with Crippen LogP contribution in [0.25, 0.3) is 0 Å². The fraction of sp³-hybridized carbons (Fsp3) is 1.00. The van der Waals surface area contributed by atoms with E-state index >= 15 is 0 Å². The molecule has 1 fully saturated rings. The van der Waals surface area contributed by atoms with Crippen molar-refractivity contribution in [1.29, 1.82) is 0 Å². The molecule has 0 bridgehead atoms. The third-order valence-electron chi connectivity index (χ3n) is 3.92. The molecule has 1 aliphatic heterocycles. The Kier molecular flexibility index (Phi) is 8.07. The van der Waals surface area contributed by atoms with E-state index in [1.807, 2.05) is 0 Å². The Balaban J connectivity index is 0.00000196. The lowest BCUT2D eigenvalue weighted by Gasteiger charge is -2.41. The molecule has 1 N–H and O–H groups in total. The van der Waals surface area contributed by atoms with E-state index in [4.69, 9.17) is 0 Å². The molecule has 1 saturated heterocycles. The van der Waals surface area contributed by atoms with Gasteiger partial charge in [-0.2, -0.15) is 0 Å². The largest absolute Gasteiger partial charge is 0.870 e. The van der Waals surface area contributed by atoms with Gasteiger partial charge in [0.05, 0.1) is 26.2 Å². The van der Waals surface area contributed by atoms with Gasteiger partial charge in [-0.1, -0.05) is 19.8 Å². The topological polar surface area (TPSA) is 30.0 Å². The molecule has 0 aromatic heterocycles. The summed E-state index contributed by atoms with van der Waals surface area (Å²) in [7, 11) is 0. The number of hydrogen-bond donors (Lipinski definition) is 0. The molecule has 2 nitrogen and oxygen atoms in total. The second-order valence-corrected chi connectivity index (χ2v) is 4.95. The van der Waals surface area contributed by atoms with Crippen LogP contribution in [0.3, 0.4) is 0 Å². The van der Waals surface area contributed by atoms with E-state index in [-0.39, 0.29) is 5.48 Å². The van der Waals surface area contributed by atoms with Gasteiger partial charge in [-0.25, -0.2) is 0 Å². The molecule has 2 heteroatoms. The van der Waals surface area contributed by atoms with Crippen LogP contribution in [-0.4, -0.2) is 36.1 Å². The van der Waals surface area contributed by atoms with E-state index in [0.717, 1.165) is 0 Å². The summed E-state index contributed by atoms with van der Waals surface area (Å²) in [4.78, 5) is 0. The van der Waals surface area contributed by atoms with Gasteiger partial charge in [0.15, 0.2) is 0 Å². The molecule has 0 aliphatic carbocycles. The van der Waals surface area contributed by atoms with Gasteiger partial charge in [0.1, 0.15) is 0 Å². The summed E-state index contributed by atoms with van der Waals surface area (Å²) in [5, 5.41) is 0. The molecule has 0 aromatic carbocycles. The average molecular weight is 215 g/mol. The van der Waals surface area contributed by atoms with E-state index in [1.165, 1.54) is 75.6 Å². The van der Waals surface area contributed by atoms with Crippen LogP contribution in [0.15, 0.2) is 0 Å². The Bertz CT molecular complexity index is 141. The first-order valence-corrected chi connectivity index (χ1v) is 6.68. The summed E-state index contributed by atoms with van der Waals surface area (Å²) in [5.74, 6) is 0. The molecule has 1 heterocycles. The summed E-state index contributed by atoms with van der Waals surface area (Å²) in [6.45, 7) is 10.4. The van der Waals surface area contributed by atoms with Gasteiger partial charge >= 0.3 is 0 Å². The Morgan fingerprint density at radius 1 is 0.867 bits per heavy atom. The zero-order valence-electron chi connectivity index (χ0n) is 10.7. The molecule has 0 aromatic rings. The Morgan fingerprint density at radius 2 is 1.53 bits per heavy atom. The zero-order valence-corrected chi connectivity index (χ0v) is 10.7. The number of likely N-dealkylation sites (tertiary alicyclic amines) is 1. The van der Waals surface area contributed by atoms with Crippen molar-refractivity contribution in [3.8, 4) is 0 Å². The van der Waals surface area contributed by atoms with Crippen LogP contribution < -0.4 is 0 Å². The number of quaternary nitrogens is 1. The molecule has 1 aliphatic rings. The maximum Gasteiger partial charge on any atom is 0.0786 e. The van der Waals surface area contributed by atoms with Gasteiger partial charge in [-0.3, -0.25) is 0 Å². The van der Waals surface area contributed by atoms with Crippen LogP contribution in [0, 0.1) is 0 Å². The van der Waals surface area contributed by atoms with Crippen molar-refractivity contribution in [2.75, 3.05) is 26.2 Å². The third kappa shape index (κ3) is 4.98. The van der Waals surface area contributed by atoms with Crippen molar-refractivity contribution in [3.63, 3.8) is 0 Å². The second-order valence-electron chi connectivity index (χ2n) is 4.95. The molecule has 0 unspecified atom stereocenters. The normalized spacial score (nSPS) is 19.6. The highest BCUT2D eigenvalue weighted by Gasteiger charge is 2.26. The smallest absolute Gasteiger partial charge is 0.0786 e. The molecule has 0 saturated carbocycles. The maximum absolute atomic E-state index is 2.38. The van der Waals surface area contributed by atoms with E-state index in [0.29, 0.717) is 0 Å². The van der Waals surface area contributed by atoms with E-state index < -0.39 is 0 Å². The number of nitrogens with zero attached hydrogens (tertiary/aromatic N) is 1. The highest BCUT2D eigenvalue weighted by Crippen LogP contribution is 2.19. The number of unbranched alkanes of at least 4 members (excludes halogenated alkanes) is 3. The summed E-state index contributed by atoms with van der Waals surface area (Å²) >= 11 is 0. The van der Waals surface area contributed by atoms with E-state index in [1.54, 1.807) is 0 Å². The first kappa shape index (κ1) is 14.9. The highest BCUT2D eigenvalue weighted by molar-refractivity contribution is 4.54. The minimum absolute atomic E-state index is 0. The molecular formula is C13H29NO. The van der Waals surface area contributed by atoms with Crippen LogP contribution in [0.2, 0.25) is 0 Å². The monoisotopic (exact) mass is 215 g/mol. The van der Waals surface area contributed by atoms with Gasteiger partial charge in [-0.05, 0) is 39.0 Å². The predicted molar refractivity (Wildman–Crippen MR) is 65.3 cm³/mol. The summed E-state index contributed by atoms with van der Waals surface area (Å²) in [5.41, 5.74) is 0. The molecule has 0 amide bonds. The third-order valence-corrected chi connectivity index (χ3v) is 3.92. The van der Waals surface area contributed by atoms with Crippen LogP contribution >= 0.6 is 0 Å². The van der Waals surface area contributed by atoms with Crippen molar-refractivity contribution in [2.24, 2.45) is 0 Å². The van der Waals surface area contributed by atoms with Gasteiger partial charge in [-0.15, -0.1) is 0 Å². The number of rotatable bonds is 6. The van der Waals surface area contributed by atoms with Gasteiger partial charge in [0.2, 0.25) is 0 Å². The highest BCUT2D eigenvalue weighted by atomic mass is 16.0. The molecule has 0 radical (unpaired) electrons. The predicted octanol–water partition coefficient (Wildman–Crippen LogP) is 3.41. The van der Waals surface area contributed by atoms with Crippen molar-refractivity contribution in [1.82, 2.24) is 0 Å². The van der Waals surface area contributed by atoms with Crippen molar-refractivity contribution in [3.05, 3.63) is 0 Å². The lowest BCUT2D eigenvalue weighted by molar-refractivity contribution is -0.931.